The van der Waals surface area contributed by atoms with Gasteiger partial charge in [-0.05, 0) is 80.8 Å². The highest BCUT2D eigenvalue weighted by Crippen LogP contribution is 2.28. The fourth-order valence-corrected chi connectivity index (χ4v) is 5.78. The summed E-state index contributed by atoms with van der Waals surface area (Å²) in [7, 11) is 2.11. The molecule has 0 spiro atoms. The number of likely N-dealkylation sites (tertiary alicyclic amines) is 1. The minimum Gasteiger partial charge on any atom is -0.508 e. The molecule has 10 nitrogen and oxygen atoms in total. The first-order valence-corrected chi connectivity index (χ1v) is 14.5. The number of urea groups is 1. The highest BCUT2D eigenvalue weighted by molar-refractivity contribution is 5.95. The van der Waals surface area contributed by atoms with Crippen molar-refractivity contribution in [3.05, 3.63) is 89.5 Å². The van der Waals surface area contributed by atoms with E-state index in [1.54, 1.807) is 67.3 Å². The molecular formula is C33H41N4O6+. The summed E-state index contributed by atoms with van der Waals surface area (Å²) < 4.78 is 5.85. The minimum absolute atomic E-state index is 0.0991. The van der Waals surface area contributed by atoms with E-state index < -0.39 is 23.9 Å². The van der Waals surface area contributed by atoms with E-state index in [1.807, 2.05) is 12.1 Å². The number of anilines is 1. The topological polar surface area (TPSA) is 142 Å². The molecule has 43 heavy (non-hydrogen) atoms. The molecule has 3 aromatic rings. The predicted octanol–water partition coefficient (Wildman–Crippen LogP) is 4.40. The van der Waals surface area contributed by atoms with Gasteiger partial charge in [0.1, 0.15) is 24.1 Å². The molecular weight excluding hydrogens is 548 g/mol. The summed E-state index contributed by atoms with van der Waals surface area (Å²) in [4.78, 5) is 40.8. The fraction of sp³-hybridized carbons (Fsp3) is 0.364. The lowest BCUT2D eigenvalue weighted by molar-refractivity contribution is -0.928. The second-order valence-electron chi connectivity index (χ2n) is 11.8. The molecule has 1 aliphatic heterocycles. The number of piperidine rings is 1. The van der Waals surface area contributed by atoms with Crippen LogP contribution in [0.25, 0.3) is 0 Å². The number of nitrogens with zero attached hydrogens (tertiary/aromatic N) is 2. The molecule has 1 aliphatic rings. The number of nitrogens with two attached hydrogens (primary N) is 1. The number of carbonyl (C=O) groups excluding carboxylic acids is 3. The van der Waals surface area contributed by atoms with Crippen molar-refractivity contribution >= 4 is 23.6 Å². The average molecular weight is 590 g/mol. The number of nitrogens with one attached hydrogen (secondary N) is 1. The van der Waals surface area contributed by atoms with Crippen LogP contribution in [0.4, 0.5) is 10.5 Å². The second kappa shape index (κ2) is 13.6. The van der Waals surface area contributed by atoms with Crippen LogP contribution >= 0.6 is 0 Å². The number of phenolic OH excluding ortho intramolecular Hbond substituents is 2. The lowest BCUT2D eigenvalue weighted by Gasteiger charge is -2.46. The zero-order chi connectivity index (χ0) is 31.1. The third-order valence-corrected chi connectivity index (χ3v) is 7.73. The van der Waals surface area contributed by atoms with Crippen LogP contribution in [0.3, 0.4) is 0 Å². The number of ether oxygens (including phenoxy) is 1. The molecule has 3 amide bonds. The van der Waals surface area contributed by atoms with Crippen molar-refractivity contribution < 1.29 is 33.8 Å². The van der Waals surface area contributed by atoms with Crippen molar-refractivity contribution in [2.75, 3.05) is 25.5 Å². The number of primary amides is 1. The first kappa shape index (κ1) is 31.4. The van der Waals surface area contributed by atoms with Gasteiger partial charge in [-0.3, -0.25) is 4.79 Å². The van der Waals surface area contributed by atoms with Gasteiger partial charge in [0, 0.05) is 17.7 Å². The van der Waals surface area contributed by atoms with Crippen LogP contribution < -0.4 is 11.1 Å². The number of quaternary nitrogens is 1. The van der Waals surface area contributed by atoms with Gasteiger partial charge in [0.15, 0.2) is 0 Å². The molecule has 3 atom stereocenters. The van der Waals surface area contributed by atoms with Crippen molar-refractivity contribution in [2.45, 2.75) is 57.8 Å². The third-order valence-electron chi connectivity index (χ3n) is 7.73. The molecule has 10 heteroatoms. The zero-order valence-electron chi connectivity index (χ0n) is 24.9. The van der Waals surface area contributed by atoms with Crippen molar-refractivity contribution in [1.29, 1.82) is 0 Å². The van der Waals surface area contributed by atoms with Crippen LogP contribution in [0.5, 0.6) is 11.5 Å². The first-order valence-electron chi connectivity index (χ1n) is 14.5. The van der Waals surface area contributed by atoms with E-state index in [9.17, 15) is 24.6 Å². The summed E-state index contributed by atoms with van der Waals surface area (Å²) in [5.74, 6) is -0.794. The molecule has 1 heterocycles. The first-order chi connectivity index (χ1) is 20.4. The maximum Gasteiger partial charge on any atom is 0.338 e. The van der Waals surface area contributed by atoms with E-state index in [1.165, 1.54) is 12.1 Å². The van der Waals surface area contributed by atoms with Crippen LogP contribution in [0.1, 0.15) is 48.2 Å². The normalized spacial score (nSPS) is 18.9. The summed E-state index contributed by atoms with van der Waals surface area (Å²) in [5.41, 5.74) is 8.50. The van der Waals surface area contributed by atoms with Crippen molar-refractivity contribution in [3.63, 3.8) is 0 Å². The van der Waals surface area contributed by atoms with Crippen LogP contribution in [-0.4, -0.2) is 75.8 Å². The lowest BCUT2D eigenvalue weighted by atomic mass is 9.96. The summed E-state index contributed by atoms with van der Waals surface area (Å²) in [6.45, 7) is 5.63. The number of likely N-dealkylation sites (N-methyl/N-ethyl adjacent to an activating group) is 1. The number of carbonyl (C=O) groups is 3. The van der Waals surface area contributed by atoms with Gasteiger partial charge in [0.25, 0.3) is 0 Å². The number of esters is 1. The minimum atomic E-state index is -0.956. The number of phenols is 2. The van der Waals surface area contributed by atoms with E-state index >= 15 is 0 Å². The van der Waals surface area contributed by atoms with Gasteiger partial charge in [-0.25, -0.2) is 9.59 Å². The number of hydrogen-bond donors (Lipinski definition) is 4. The number of amides is 3. The van der Waals surface area contributed by atoms with Crippen LogP contribution in [0.2, 0.25) is 0 Å². The molecule has 0 saturated carbocycles. The smallest absolute Gasteiger partial charge is 0.338 e. The molecule has 0 bridgehead atoms. The molecule has 228 valence electrons. The van der Waals surface area contributed by atoms with E-state index in [0.29, 0.717) is 35.2 Å². The highest BCUT2D eigenvalue weighted by Gasteiger charge is 2.41. The Hall–Kier alpha value is -4.57. The predicted molar refractivity (Wildman–Crippen MR) is 163 cm³/mol. The van der Waals surface area contributed by atoms with Gasteiger partial charge in [-0.15, -0.1) is 0 Å². The molecule has 0 radical (unpaired) electrons. The van der Waals surface area contributed by atoms with Crippen LogP contribution in [0, 0.1) is 0 Å². The molecule has 1 unspecified atom stereocenters. The summed E-state index contributed by atoms with van der Waals surface area (Å²) >= 11 is 0. The Balaban J connectivity index is 1.62. The number of rotatable bonds is 10. The van der Waals surface area contributed by atoms with Crippen molar-refractivity contribution in [2.24, 2.45) is 5.73 Å². The van der Waals surface area contributed by atoms with E-state index in [-0.39, 0.29) is 30.1 Å². The number of aromatic hydroxyl groups is 2. The molecule has 3 aromatic carbocycles. The lowest BCUT2D eigenvalue weighted by Crippen LogP contribution is -2.62. The van der Waals surface area contributed by atoms with Crippen molar-refractivity contribution in [1.82, 2.24) is 4.90 Å². The van der Waals surface area contributed by atoms with E-state index in [4.69, 9.17) is 10.5 Å². The SMILES string of the molecule is CC(C)OC(=O)c1ccc(NC(=O)N([C@@H]2CCC[N+](C)(Cc3cccc(O)c3)C2)[C@@H](Cc2ccc(O)cc2)C(N)=O)cc1. The van der Waals surface area contributed by atoms with Crippen LogP contribution in [-0.2, 0) is 22.5 Å². The standard InChI is InChI=1S/C33H40N4O6/c1-22(2)43-32(41)25-11-13-26(14-12-25)35-33(42)36(30(31(34)40)19-23-9-15-28(38)16-10-23)27-7-5-17-37(3,21-27)20-24-6-4-8-29(39)18-24/h4,6,8-16,18,22,27,30H,5,7,17,19-21H2,1-3H3,(H4-,34,35,38,39,40,41,42)/p+1/t27-,30+,37?/m1/s1. The Bertz CT molecular complexity index is 1430. The van der Waals surface area contributed by atoms with E-state index in [0.717, 1.165) is 24.1 Å². The van der Waals surface area contributed by atoms with Crippen LogP contribution in [0.15, 0.2) is 72.8 Å². The quantitative estimate of drug-likeness (QED) is 0.204. The van der Waals surface area contributed by atoms with Gasteiger partial charge in [0.2, 0.25) is 5.91 Å². The molecule has 1 fully saturated rings. The molecule has 1 saturated heterocycles. The van der Waals surface area contributed by atoms with Gasteiger partial charge in [-0.2, -0.15) is 0 Å². The Morgan fingerprint density at radius 1 is 1.00 bits per heavy atom. The Labute approximate surface area is 252 Å². The van der Waals surface area contributed by atoms with Crippen molar-refractivity contribution in [3.8, 4) is 11.5 Å². The maximum atomic E-state index is 14.0. The summed E-state index contributed by atoms with van der Waals surface area (Å²) in [5, 5.41) is 22.6. The summed E-state index contributed by atoms with van der Waals surface area (Å²) in [6, 6.07) is 18.3. The maximum absolute atomic E-state index is 14.0. The molecule has 0 aliphatic carbocycles. The Morgan fingerprint density at radius 3 is 2.33 bits per heavy atom. The zero-order valence-corrected chi connectivity index (χ0v) is 24.9. The summed E-state index contributed by atoms with van der Waals surface area (Å²) in [6.07, 6.45) is 1.42. The second-order valence-corrected chi connectivity index (χ2v) is 11.8. The van der Waals surface area contributed by atoms with Gasteiger partial charge in [-0.1, -0.05) is 24.3 Å². The van der Waals surface area contributed by atoms with Gasteiger partial charge >= 0.3 is 12.0 Å². The fourth-order valence-electron chi connectivity index (χ4n) is 5.78. The Morgan fingerprint density at radius 2 is 1.70 bits per heavy atom. The average Bonchev–Trinajstić information content (AvgIpc) is 2.93. The number of benzene rings is 3. The van der Waals surface area contributed by atoms with Gasteiger partial charge < -0.3 is 35.4 Å². The number of hydrogen-bond acceptors (Lipinski definition) is 6. The Kier molecular flexibility index (Phi) is 9.92. The molecule has 0 aromatic heterocycles. The highest BCUT2D eigenvalue weighted by atomic mass is 16.5. The molecule has 5 N–H and O–H groups in total. The third kappa shape index (κ3) is 8.48. The molecule has 4 rings (SSSR count). The van der Waals surface area contributed by atoms with E-state index in [2.05, 4.69) is 12.4 Å². The van der Waals surface area contributed by atoms with Gasteiger partial charge in [0.05, 0.1) is 37.8 Å². The largest absolute Gasteiger partial charge is 0.508 e. The monoisotopic (exact) mass is 589 g/mol.